The van der Waals surface area contributed by atoms with Crippen LogP contribution in [0.5, 0.6) is 0 Å². The zero-order valence-corrected chi connectivity index (χ0v) is 7.29. The molecule has 0 aliphatic heterocycles. The summed E-state index contributed by atoms with van der Waals surface area (Å²) >= 11 is 1.45. The van der Waals surface area contributed by atoms with Crippen LogP contribution >= 0.6 is 11.8 Å². The molecule has 0 saturated carbocycles. The lowest BCUT2D eigenvalue weighted by Gasteiger charge is -2.16. The molecule has 0 heterocycles. The first-order valence-corrected chi connectivity index (χ1v) is 4.04. The number of hydrogen-bond donors (Lipinski definition) is 1. The van der Waals surface area contributed by atoms with Crippen LogP contribution in [-0.4, -0.2) is 31.3 Å². The molecule has 0 atom stereocenters. The predicted molar refractivity (Wildman–Crippen MR) is 44.9 cm³/mol. The summed E-state index contributed by atoms with van der Waals surface area (Å²) < 4.78 is 0. The maximum atomic E-state index is 10.9. The van der Waals surface area contributed by atoms with Gasteiger partial charge in [0.25, 0.3) is 0 Å². The van der Waals surface area contributed by atoms with Gasteiger partial charge in [0, 0.05) is 14.1 Å². The second kappa shape index (κ2) is 4.22. The average Bonchev–Trinajstić information content (AvgIpc) is 2.00. The van der Waals surface area contributed by atoms with Gasteiger partial charge < -0.3 is 5.32 Å². The van der Waals surface area contributed by atoms with Crippen molar-refractivity contribution < 1.29 is 4.79 Å². The Morgan fingerprint density at radius 2 is 2.20 bits per heavy atom. The molecule has 0 bridgehead atoms. The van der Waals surface area contributed by atoms with Gasteiger partial charge in [-0.15, -0.1) is 11.8 Å². The Bertz CT molecular complexity index is 131. The van der Waals surface area contributed by atoms with E-state index < -0.39 is 0 Å². The van der Waals surface area contributed by atoms with Crippen LogP contribution in [0, 0.1) is 0 Å². The number of rotatable bonds is 2. The number of carbonyl (C=O) groups is 1. The second-order valence-electron chi connectivity index (χ2n) is 1.71. The van der Waals surface area contributed by atoms with Gasteiger partial charge in [-0.25, -0.2) is 4.79 Å². The van der Waals surface area contributed by atoms with E-state index in [9.17, 15) is 4.79 Å². The molecule has 0 aromatic carbocycles. The molecule has 0 radical (unpaired) electrons. The summed E-state index contributed by atoms with van der Waals surface area (Å²) in [6.07, 6.45) is 1.88. The van der Waals surface area contributed by atoms with Crippen molar-refractivity contribution >= 4 is 17.8 Å². The molecule has 0 aromatic rings. The minimum Gasteiger partial charge on any atom is -0.341 e. The Balaban J connectivity index is 3.94. The number of nitrogens with zero attached hydrogens (tertiary/aromatic N) is 1. The lowest BCUT2D eigenvalue weighted by atomic mass is 10.7. The van der Waals surface area contributed by atoms with Gasteiger partial charge in [0.1, 0.15) is 0 Å². The van der Waals surface area contributed by atoms with Crippen LogP contribution in [0.2, 0.25) is 0 Å². The minimum absolute atomic E-state index is 0.139. The molecule has 10 heavy (non-hydrogen) atoms. The van der Waals surface area contributed by atoms with Crippen molar-refractivity contribution in [2.24, 2.45) is 0 Å². The first-order chi connectivity index (χ1) is 4.63. The number of nitrogens with one attached hydrogen (secondary N) is 1. The van der Waals surface area contributed by atoms with Gasteiger partial charge in [0.2, 0.25) is 0 Å². The third-order valence-electron chi connectivity index (χ3n) is 1.13. The lowest BCUT2D eigenvalue weighted by Crippen LogP contribution is -2.32. The Labute approximate surface area is 65.5 Å². The zero-order valence-electron chi connectivity index (χ0n) is 6.47. The van der Waals surface area contributed by atoms with Crippen molar-refractivity contribution in [1.29, 1.82) is 0 Å². The molecule has 4 heteroatoms. The third kappa shape index (κ3) is 2.31. The van der Waals surface area contributed by atoms with Crippen LogP contribution in [-0.2, 0) is 0 Å². The fourth-order valence-corrected chi connectivity index (χ4v) is 0.775. The number of carbonyl (C=O) groups excluding carboxylic acids is 1. The quantitative estimate of drug-likeness (QED) is 0.656. The van der Waals surface area contributed by atoms with E-state index in [2.05, 4.69) is 11.9 Å². The van der Waals surface area contributed by atoms with E-state index in [1.807, 2.05) is 6.26 Å². The van der Waals surface area contributed by atoms with Crippen molar-refractivity contribution in [3.8, 4) is 0 Å². The van der Waals surface area contributed by atoms with E-state index in [1.54, 1.807) is 14.1 Å². The van der Waals surface area contributed by atoms with E-state index in [-0.39, 0.29) is 6.03 Å². The SMILES string of the molecule is C=C(SC)N(C)C(=O)NC. The zero-order chi connectivity index (χ0) is 8.15. The van der Waals surface area contributed by atoms with Crippen LogP contribution in [0.1, 0.15) is 0 Å². The highest BCUT2D eigenvalue weighted by molar-refractivity contribution is 8.02. The van der Waals surface area contributed by atoms with Gasteiger partial charge in [-0.2, -0.15) is 0 Å². The van der Waals surface area contributed by atoms with Crippen LogP contribution < -0.4 is 5.32 Å². The maximum absolute atomic E-state index is 10.9. The molecule has 1 N–H and O–H groups in total. The fraction of sp³-hybridized carbons (Fsp3) is 0.500. The molecule has 3 nitrogen and oxygen atoms in total. The molecule has 0 fully saturated rings. The Morgan fingerprint density at radius 1 is 1.70 bits per heavy atom. The number of hydrogen-bond acceptors (Lipinski definition) is 2. The molecule has 58 valence electrons. The second-order valence-corrected chi connectivity index (χ2v) is 2.59. The summed E-state index contributed by atoms with van der Waals surface area (Å²) in [4.78, 5) is 12.3. The minimum atomic E-state index is -0.139. The topological polar surface area (TPSA) is 32.3 Å². The van der Waals surface area contributed by atoms with Gasteiger partial charge in [-0.05, 0) is 6.26 Å². The predicted octanol–water partition coefficient (Wildman–Crippen LogP) is 1.09. The molecular formula is C6H12N2OS. The average molecular weight is 160 g/mol. The van der Waals surface area contributed by atoms with E-state index in [1.165, 1.54) is 16.7 Å². The molecule has 0 unspecified atom stereocenters. The van der Waals surface area contributed by atoms with Gasteiger partial charge in [0.15, 0.2) is 0 Å². The van der Waals surface area contributed by atoms with Gasteiger partial charge in [-0.1, -0.05) is 6.58 Å². The summed E-state index contributed by atoms with van der Waals surface area (Å²) in [5, 5.41) is 3.23. The first kappa shape index (κ1) is 9.36. The molecule has 2 amide bonds. The van der Waals surface area contributed by atoms with Gasteiger partial charge in [0.05, 0.1) is 5.03 Å². The molecule has 0 aliphatic rings. The third-order valence-corrected chi connectivity index (χ3v) is 1.87. The van der Waals surface area contributed by atoms with Crippen molar-refractivity contribution in [2.75, 3.05) is 20.4 Å². The van der Waals surface area contributed by atoms with Crippen LogP contribution in [0.4, 0.5) is 4.79 Å². The number of amides is 2. The van der Waals surface area contributed by atoms with Crippen LogP contribution in [0.25, 0.3) is 0 Å². The number of thioether (sulfide) groups is 1. The normalized spacial score (nSPS) is 8.70. The Morgan fingerprint density at radius 3 is 2.50 bits per heavy atom. The molecule has 0 aromatic heterocycles. The standard InChI is InChI=1S/C6H12N2OS/c1-5(10-4)8(3)6(9)7-2/h1H2,2-4H3,(H,7,9). The maximum Gasteiger partial charge on any atom is 0.321 e. The van der Waals surface area contributed by atoms with Crippen molar-refractivity contribution in [3.05, 3.63) is 11.6 Å². The Kier molecular flexibility index (Phi) is 3.95. The lowest BCUT2D eigenvalue weighted by molar-refractivity contribution is 0.224. The largest absolute Gasteiger partial charge is 0.341 e. The van der Waals surface area contributed by atoms with Crippen LogP contribution in [0.3, 0.4) is 0 Å². The number of urea groups is 1. The highest BCUT2D eigenvalue weighted by Crippen LogP contribution is 2.11. The van der Waals surface area contributed by atoms with Crippen LogP contribution in [0.15, 0.2) is 11.6 Å². The monoisotopic (exact) mass is 160 g/mol. The Hall–Kier alpha value is -0.640. The molecule has 0 rings (SSSR count). The fourth-order valence-electron chi connectivity index (χ4n) is 0.418. The summed E-state index contributed by atoms with van der Waals surface area (Å²) in [5.74, 6) is 0. The van der Waals surface area contributed by atoms with Crippen molar-refractivity contribution in [3.63, 3.8) is 0 Å². The molecular weight excluding hydrogens is 148 g/mol. The molecule has 0 saturated heterocycles. The van der Waals surface area contributed by atoms with E-state index in [0.29, 0.717) is 0 Å². The van der Waals surface area contributed by atoms with Crippen molar-refractivity contribution in [2.45, 2.75) is 0 Å². The summed E-state index contributed by atoms with van der Waals surface area (Å²) in [7, 11) is 3.27. The highest BCUT2D eigenvalue weighted by atomic mass is 32.2. The van der Waals surface area contributed by atoms with E-state index in [0.717, 1.165) is 5.03 Å². The van der Waals surface area contributed by atoms with Gasteiger partial charge in [-0.3, -0.25) is 4.90 Å². The molecule has 0 aliphatic carbocycles. The highest BCUT2D eigenvalue weighted by Gasteiger charge is 2.06. The molecule has 0 spiro atoms. The van der Waals surface area contributed by atoms with E-state index in [4.69, 9.17) is 0 Å². The van der Waals surface area contributed by atoms with E-state index >= 15 is 0 Å². The smallest absolute Gasteiger partial charge is 0.321 e. The summed E-state index contributed by atoms with van der Waals surface area (Å²) in [6, 6.07) is -0.139. The van der Waals surface area contributed by atoms with Gasteiger partial charge >= 0.3 is 6.03 Å². The van der Waals surface area contributed by atoms with Crippen molar-refractivity contribution in [1.82, 2.24) is 10.2 Å². The summed E-state index contributed by atoms with van der Waals surface area (Å²) in [5.41, 5.74) is 0. The first-order valence-electron chi connectivity index (χ1n) is 2.81. The summed E-state index contributed by atoms with van der Waals surface area (Å²) in [6.45, 7) is 3.67.